The Bertz CT molecular complexity index is 1500. The van der Waals surface area contributed by atoms with Crippen molar-refractivity contribution < 1.29 is 14.3 Å². The van der Waals surface area contributed by atoms with E-state index in [1.54, 1.807) is 25.5 Å². The van der Waals surface area contributed by atoms with Gasteiger partial charge in [-0.25, -0.2) is 9.79 Å². The molecular weight excluding hydrogens is 530 g/mol. The van der Waals surface area contributed by atoms with E-state index in [9.17, 15) is 9.59 Å². The number of halogens is 1. The highest BCUT2D eigenvalue weighted by molar-refractivity contribution is 9.10. The Hall–Kier alpha value is -3.17. The van der Waals surface area contributed by atoms with Crippen molar-refractivity contribution in [2.24, 2.45) is 4.99 Å². The summed E-state index contributed by atoms with van der Waals surface area (Å²) in [4.78, 5) is 33.9. The molecule has 1 aromatic heterocycles. The van der Waals surface area contributed by atoms with Crippen molar-refractivity contribution in [1.29, 1.82) is 0 Å². The number of ether oxygens (including phenoxy) is 2. The second-order valence-electron chi connectivity index (χ2n) is 8.15. The maximum atomic E-state index is 13.7. The topological polar surface area (TPSA) is 73.1 Å². The summed E-state index contributed by atoms with van der Waals surface area (Å²) in [7, 11) is 5.51. The lowest BCUT2D eigenvalue weighted by atomic mass is 9.95. The monoisotopic (exact) mass is 555 g/mol. The molecule has 1 atom stereocenters. The largest absolute Gasteiger partial charge is 0.496 e. The summed E-state index contributed by atoms with van der Waals surface area (Å²) in [5.74, 6) is 0.0777. The Kier molecular flexibility index (Phi) is 7.28. The van der Waals surface area contributed by atoms with Gasteiger partial charge in [0.05, 0.1) is 35.2 Å². The number of esters is 1. The summed E-state index contributed by atoms with van der Waals surface area (Å²) >= 11 is 4.90. The van der Waals surface area contributed by atoms with Crippen LogP contribution in [0.25, 0.3) is 6.08 Å². The van der Waals surface area contributed by atoms with Crippen LogP contribution in [0.3, 0.4) is 0 Å². The van der Waals surface area contributed by atoms with Gasteiger partial charge in [-0.2, -0.15) is 0 Å². The number of aromatic nitrogens is 1. The number of carbonyl (C=O) groups is 1. The Morgan fingerprint density at radius 2 is 2.00 bits per heavy atom. The second-order valence-corrected chi connectivity index (χ2v) is 10.0. The minimum absolute atomic E-state index is 0.219. The van der Waals surface area contributed by atoms with E-state index in [0.717, 1.165) is 15.7 Å². The Labute approximate surface area is 215 Å². The van der Waals surface area contributed by atoms with Crippen LogP contribution in [0.4, 0.5) is 5.69 Å². The van der Waals surface area contributed by atoms with Gasteiger partial charge >= 0.3 is 5.97 Å². The zero-order valence-corrected chi connectivity index (χ0v) is 22.6. The molecule has 7 nitrogen and oxygen atoms in total. The Morgan fingerprint density at radius 1 is 1.26 bits per heavy atom. The first-order valence-electron chi connectivity index (χ1n) is 11.1. The van der Waals surface area contributed by atoms with Gasteiger partial charge in [0.2, 0.25) is 0 Å². The number of allylic oxidation sites excluding steroid dienone is 1. The number of anilines is 1. The summed E-state index contributed by atoms with van der Waals surface area (Å²) in [6, 6.07) is 12.6. The average Bonchev–Trinajstić information content (AvgIpc) is 3.12. The van der Waals surface area contributed by atoms with Crippen LogP contribution in [-0.4, -0.2) is 38.3 Å². The first-order chi connectivity index (χ1) is 16.8. The summed E-state index contributed by atoms with van der Waals surface area (Å²) in [6.07, 6.45) is 1.84. The molecular formula is C26H26BrN3O4S. The first-order valence-corrected chi connectivity index (χ1v) is 12.7. The van der Waals surface area contributed by atoms with Gasteiger partial charge in [-0.1, -0.05) is 35.6 Å². The highest BCUT2D eigenvalue weighted by Crippen LogP contribution is 2.35. The minimum atomic E-state index is -0.716. The molecule has 1 aliphatic heterocycles. The number of methoxy groups -OCH3 is 1. The molecule has 0 radical (unpaired) electrons. The third-order valence-electron chi connectivity index (χ3n) is 5.70. The Balaban J connectivity index is 1.95. The van der Waals surface area contributed by atoms with Crippen molar-refractivity contribution >= 4 is 45.0 Å². The van der Waals surface area contributed by atoms with Gasteiger partial charge in [0, 0.05) is 24.1 Å². The van der Waals surface area contributed by atoms with Crippen LogP contribution in [-0.2, 0) is 9.53 Å². The average molecular weight is 556 g/mol. The number of fused-ring (bicyclic) bond motifs is 1. The molecule has 1 aliphatic rings. The fourth-order valence-electron chi connectivity index (χ4n) is 4.11. The Morgan fingerprint density at radius 3 is 2.66 bits per heavy atom. The lowest BCUT2D eigenvalue weighted by Crippen LogP contribution is -2.40. The molecule has 0 spiro atoms. The fourth-order valence-corrected chi connectivity index (χ4v) is 5.90. The summed E-state index contributed by atoms with van der Waals surface area (Å²) in [5, 5.41) is 0. The number of benzene rings is 2. The van der Waals surface area contributed by atoms with Crippen molar-refractivity contribution in [3.05, 3.63) is 89.0 Å². The van der Waals surface area contributed by atoms with E-state index >= 15 is 0 Å². The fraction of sp³-hybridized carbons (Fsp3) is 0.269. The molecule has 4 rings (SSSR count). The molecule has 3 aromatic rings. The van der Waals surface area contributed by atoms with Gasteiger partial charge in [-0.15, -0.1) is 0 Å². The quantitative estimate of drug-likeness (QED) is 0.434. The highest BCUT2D eigenvalue weighted by Gasteiger charge is 2.34. The van der Waals surface area contributed by atoms with Crippen molar-refractivity contribution in [2.75, 3.05) is 32.7 Å². The molecule has 0 fully saturated rings. The zero-order chi connectivity index (χ0) is 25.3. The molecule has 0 saturated carbocycles. The van der Waals surface area contributed by atoms with Crippen molar-refractivity contribution in [3.63, 3.8) is 0 Å². The van der Waals surface area contributed by atoms with E-state index in [-0.39, 0.29) is 12.2 Å². The summed E-state index contributed by atoms with van der Waals surface area (Å²) < 4.78 is 14.0. The molecule has 0 aliphatic carbocycles. The maximum absolute atomic E-state index is 13.7. The number of nitrogens with zero attached hydrogens (tertiary/aromatic N) is 3. The van der Waals surface area contributed by atoms with Gasteiger partial charge in [0.1, 0.15) is 11.8 Å². The van der Waals surface area contributed by atoms with Gasteiger partial charge in [-0.05, 0) is 59.6 Å². The predicted molar refractivity (Wildman–Crippen MR) is 142 cm³/mol. The standard InChI is InChI=1S/C26H26BrN3O4S/c1-6-34-25(32)22-15(2)28-26-30(23(22)17-9-7-8-10-20(17)33-5)24(31)21(35-26)14-16-11-12-19(29(3)4)18(27)13-16/h7-14,23H,6H2,1-5H3/b21-14+/t23-/m1/s1. The molecule has 0 unspecified atom stereocenters. The normalized spacial score (nSPS) is 15.5. The number of carbonyl (C=O) groups excluding carboxylic acids is 1. The third-order valence-corrected chi connectivity index (χ3v) is 7.32. The van der Waals surface area contributed by atoms with Gasteiger partial charge in [0.25, 0.3) is 5.56 Å². The lowest BCUT2D eigenvalue weighted by Gasteiger charge is -2.25. The van der Waals surface area contributed by atoms with E-state index < -0.39 is 12.0 Å². The molecule has 2 aromatic carbocycles. The number of thiazole rings is 1. The molecule has 0 saturated heterocycles. The van der Waals surface area contributed by atoms with Crippen LogP contribution in [0.1, 0.15) is 31.0 Å². The first kappa shape index (κ1) is 24.9. The lowest BCUT2D eigenvalue weighted by molar-refractivity contribution is -0.139. The smallest absolute Gasteiger partial charge is 0.338 e. The molecule has 9 heteroatoms. The molecule has 0 amide bonds. The highest BCUT2D eigenvalue weighted by atomic mass is 79.9. The van der Waals surface area contributed by atoms with E-state index in [1.165, 1.54) is 11.3 Å². The van der Waals surface area contributed by atoms with E-state index in [4.69, 9.17) is 9.47 Å². The van der Waals surface area contributed by atoms with Gasteiger partial charge in [0.15, 0.2) is 4.80 Å². The van der Waals surface area contributed by atoms with E-state index in [0.29, 0.717) is 31.9 Å². The number of rotatable bonds is 6. The van der Waals surface area contributed by atoms with Crippen molar-refractivity contribution in [1.82, 2.24) is 4.57 Å². The summed E-state index contributed by atoms with van der Waals surface area (Å²) in [5.41, 5.74) is 3.22. The van der Waals surface area contributed by atoms with E-state index in [1.807, 2.05) is 67.5 Å². The summed E-state index contributed by atoms with van der Waals surface area (Å²) in [6.45, 7) is 3.74. The number of hydrogen-bond donors (Lipinski definition) is 0. The van der Waals surface area contributed by atoms with Crippen LogP contribution in [0, 0.1) is 0 Å². The van der Waals surface area contributed by atoms with Crippen LogP contribution >= 0.6 is 27.3 Å². The van der Waals surface area contributed by atoms with E-state index in [2.05, 4.69) is 20.9 Å². The second kappa shape index (κ2) is 10.2. The van der Waals surface area contributed by atoms with Crippen LogP contribution in [0.15, 0.2) is 68.0 Å². The van der Waals surface area contributed by atoms with Crippen molar-refractivity contribution in [3.8, 4) is 5.75 Å². The third kappa shape index (κ3) is 4.70. The SMILES string of the molecule is CCOC(=O)C1=C(C)N=c2s/c(=C/c3ccc(N(C)C)c(Br)c3)c(=O)n2[C@@H]1c1ccccc1OC. The van der Waals surface area contributed by atoms with Crippen LogP contribution < -0.4 is 24.5 Å². The molecule has 2 heterocycles. The number of para-hydroxylation sites is 1. The zero-order valence-electron chi connectivity index (χ0n) is 20.2. The van der Waals surface area contributed by atoms with Gasteiger partial charge in [-0.3, -0.25) is 9.36 Å². The molecule has 0 N–H and O–H groups in total. The van der Waals surface area contributed by atoms with Crippen molar-refractivity contribution in [2.45, 2.75) is 19.9 Å². The van der Waals surface area contributed by atoms with Crippen LogP contribution in [0.5, 0.6) is 5.75 Å². The predicted octanol–water partition coefficient (Wildman–Crippen LogP) is 3.64. The molecule has 0 bridgehead atoms. The maximum Gasteiger partial charge on any atom is 0.338 e. The van der Waals surface area contributed by atoms with Gasteiger partial charge < -0.3 is 14.4 Å². The minimum Gasteiger partial charge on any atom is -0.496 e. The molecule has 182 valence electrons. The molecule has 35 heavy (non-hydrogen) atoms. The number of hydrogen-bond acceptors (Lipinski definition) is 7. The van der Waals surface area contributed by atoms with Crippen LogP contribution in [0.2, 0.25) is 0 Å².